The third-order valence-corrected chi connectivity index (χ3v) is 15.9. The van der Waals surface area contributed by atoms with E-state index in [9.17, 15) is 4.79 Å². The molecule has 1 saturated heterocycles. The van der Waals surface area contributed by atoms with E-state index in [1.165, 1.54) is 10.4 Å². The summed E-state index contributed by atoms with van der Waals surface area (Å²) in [6.45, 7) is 13.6. The summed E-state index contributed by atoms with van der Waals surface area (Å²) in [6, 6.07) is 36.6. The summed E-state index contributed by atoms with van der Waals surface area (Å²) in [5.74, 6) is 1.55. The average molecular weight is 733 g/mol. The zero-order valence-electron chi connectivity index (χ0n) is 28.9. The number of carbonyl (C=O) groups is 1. The van der Waals surface area contributed by atoms with Crippen molar-refractivity contribution in [1.29, 1.82) is 0 Å². The summed E-state index contributed by atoms with van der Waals surface area (Å²) in [5.41, 5.74) is 1.90. The highest BCUT2D eigenvalue weighted by Crippen LogP contribution is 2.45. The summed E-state index contributed by atoms with van der Waals surface area (Å²) in [5, 5.41) is 3.73. The maximum absolute atomic E-state index is 14.3. The molecule has 0 N–H and O–H groups in total. The fourth-order valence-electron chi connectivity index (χ4n) is 7.04. The molecule has 1 fully saturated rings. The van der Waals surface area contributed by atoms with Gasteiger partial charge in [-0.15, -0.1) is 6.58 Å². The highest BCUT2D eigenvalue weighted by Gasteiger charge is 2.50. The standard InChI is InChI=1S/C41H47Cl2NO3SSi/c1-6-15-37-40(45)44(38(30-22-24-32(42)25-23-30)39(47-37)31-16-14-17-33(43)28-31)34(7-2)29-48-27-26-46-49(41(3,4)5,35-18-10-8-11-19-35)36-20-12-9-13-21-36/h6,8-14,16-25,28,34,37-39H,1,7,15,26-27,29H2,2-5H3/t34-,37+,38+,39+/m0/s1. The van der Waals surface area contributed by atoms with Crippen LogP contribution in [-0.2, 0) is 14.0 Å². The number of benzene rings is 4. The van der Waals surface area contributed by atoms with Gasteiger partial charge in [-0.1, -0.05) is 142 Å². The number of amides is 1. The Bertz CT molecular complexity index is 1630. The molecule has 0 aliphatic carbocycles. The second kappa shape index (κ2) is 16.9. The van der Waals surface area contributed by atoms with Gasteiger partial charge >= 0.3 is 0 Å². The summed E-state index contributed by atoms with van der Waals surface area (Å²) in [6.07, 6.45) is 1.93. The third kappa shape index (κ3) is 8.38. The largest absolute Gasteiger partial charge is 0.407 e. The fraction of sp³-hybridized carbons (Fsp3) is 0.341. The number of halogens is 2. The van der Waals surface area contributed by atoms with E-state index in [4.69, 9.17) is 32.4 Å². The van der Waals surface area contributed by atoms with Gasteiger partial charge in [-0.3, -0.25) is 4.79 Å². The van der Waals surface area contributed by atoms with E-state index in [1.54, 1.807) is 6.08 Å². The van der Waals surface area contributed by atoms with Crippen LogP contribution in [0.25, 0.3) is 0 Å². The van der Waals surface area contributed by atoms with Crippen LogP contribution in [0.2, 0.25) is 15.1 Å². The maximum Gasteiger partial charge on any atom is 0.261 e. The quantitative estimate of drug-likeness (QED) is 0.0736. The summed E-state index contributed by atoms with van der Waals surface area (Å²) >= 11 is 14.7. The number of rotatable bonds is 14. The minimum Gasteiger partial charge on any atom is -0.407 e. The van der Waals surface area contributed by atoms with E-state index < -0.39 is 20.5 Å². The molecule has 0 bridgehead atoms. The molecule has 4 aromatic carbocycles. The van der Waals surface area contributed by atoms with Crippen molar-refractivity contribution in [3.05, 3.63) is 143 Å². The monoisotopic (exact) mass is 731 g/mol. The second-order valence-corrected chi connectivity index (χ2v) is 19.8. The van der Waals surface area contributed by atoms with E-state index in [0.29, 0.717) is 23.1 Å². The molecule has 1 aliphatic heterocycles. The molecule has 0 radical (unpaired) electrons. The maximum atomic E-state index is 14.3. The van der Waals surface area contributed by atoms with Gasteiger partial charge in [-0.05, 0) is 57.2 Å². The molecule has 1 heterocycles. The molecule has 5 rings (SSSR count). The van der Waals surface area contributed by atoms with Crippen LogP contribution in [0.4, 0.5) is 0 Å². The Morgan fingerprint density at radius 1 is 0.898 bits per heavy atom. The zero-order chi connectivity index (χ0) is 35.0. The van der Waals surface area contributed by atoms with Crippen molar-refractivity contribution < 1.29 is 14.0 Å². The number of hydrogen-bond acceptors (Lipinski definition) is 4. The number of morpholine rings is 1. The Morgan fingerprint density at radius 3 is 2.08 bits per heavy atom. The summed E-state index contributed by atoms with van der Waals surface area (Å²) < 4.78 is 13.8. The normalized spacial score (nSPS) is 19.1. The van der Waals surface area contributed by atoms with Crippen molar-refractivity contribution >= 4 is 59.6 Å². The SMILES string of the molecule is C=CC[C@H]1O[C@H](c2cccc(Cl)c2)[C@@H](c2ccc(Cl)cc2)N([C@@H](CC)CSCCO[Si](c2ccccc2)(c2ccccc2)C(C)(C)C)C1=O. The topological polar surface area (TPSA) is 38.8 Å². The van der Waals surface area contributed by atoms with Crippen LogP contribution in [0, 0.1) is 0 Å². The lowest BCUT2D eigenvalue weighted by atomic mass is 9.89. The Morgan fingerprint density at radius 2 is 1.53 bits per heavy atom. The smallest absolute Gasteiger partial charge is 0.261 e. The molecular weight excluding hydrogens is 686 g/mol. The van der Waals surface area contributed by atoms with Gasteiger partial charge < -0.3 is 14.1 Å². The molecule has 0 saturated carbocycles. The van der Waals surface area contributed by atoms with Crippen LogP contribution in [0.5, 0.6) is 0 Å². The highest BCUT2D eigenvalue weighted by molar-refractivity contribution is 7.99. The molecule has 4 nitrogen and oxygen atoms in total. The van der Waals surface area contributed by atoms with Gasteiger partial charge in [0, 0.05) is 40.6 Å². The molecule has 49 heavy (non-hydrogen) atoms. The van der Waals surface area contributed by atoms with E-state index in [0.717, 1.165) is 29.1 Å². The number of thioether (sulfide) groups is 1. The number of ether oxygens (including phenoxy) is 1. The Labute approximate surface area is 307 Å². The Hall–Kier alpha value is -2.84. The second-order valence-electron chi connectivity index (χ2n) is 13.5. The first-order chi connectivity index (χ1) is 23.6. The molecular formula is C41H47Cl2NO3SSi. The first-order valence-corrected chi connectivity index (χ1v) is 20.8. The molecule has 1 aliphatic rings. The highest BCUT2D eigenvalue weighted by atomic mass is 35.5. The lowest BCUT2D eigenvalue weighted by Gasteiger charge is -2.48. The zero-order valence-corrected chi connectivity index (χ0v) is 32.2. The van der Waals surface area contributed by atoms with Gasteiger partial charge in [0.15, 0.2) is 0 Å². The average Bonchev–Trinajstić information content (AvgIpc) is 3.10. The molecule has 0 unspecified atom stereocenters. The lowest BCUT2D eigenvalue weighted by Crippen LogP contribution is -2.66. The van der Waals surface area contributed by atoms with Crippen molar-refractivity contribution in [2.24, 2.45) is 0 Å². The van der Waals surface area contributed by atoms with E-state index in [2.05, 4.69) is 99.8 Å². The van der Waals surface area contributed by atoms with E-state index >= 15 is 0 Å². The van der Waals surface area contributed by atoms with E-state index in [1.807, 2.05) is 60.3 Å². The van der Waals surface area contributed by atoms with Gasteiger partial charge in [0.1, 0.15) is 12.2 Å². The number of hydrogen-bond donors (Lipinski definition) is 0. The van der Waals surface area contributed by atoms with Crippen LogP contribution < -0.4 is 10.4 Å². The van der Waals surface area contributed by atoms with Crippen molar-refractivity contribution in [2.45, 2.75) is 69.9 Å². The van der Waals surface area contributed by atoms with E-state index in [-0.39, 0.29) is 23.0 Å². The first kappa shape index (κ1) is 37.4. The summed E-state index contributed by atoms with van der Waals surface area (Å²) in [4.78, 5) is 16.4. The Balaban J connectivity index is 1.41. The minimum atomic E-state index is -2.63. The van der Waals surface area contributed by atoms with Gasteiger partial charge in [0.2, 0.25) is 0 Å². The van der Waals surface area contributed by atoms with Crippen molar-refractivity contribution in [3.8, 4) is 0 Å². The lowest BCUT2D eigenvalue weighted by molar-refractivity contribution is -0.178. The number of nitrogens with zero attached hydrogens (tertiary/aromatic N) is 1. The summed E-state index contributed by atoms with van der Waals surface area (Å²) in [7, 11) is -2.63. The Kier molecular flexibility index (Phi) is 12.9. The van der Waals surface area contributed by atoms with Crippen molar-refractivity contribution in [2.75, 3.05) is 18.1 Å². The van der Waals surface area contributed by atoms with Gasteiger partial charge in [-0.2, -0.15) is 11.8 Å². The first-order valence-electron chi connectivity index (χ1n) is 17.0. The third-order valence-electron chi connectivity index (χ3n) is 9.33. The fourth-order valence-corrected chi connectivity index (χ4v) is 13.1. The van der Waals surface area contributed by atoms with Crippen LogP contribution in [0.3, 0.4) is 0 Å². The van der Waals surface area contributed by atoms with Crippen LogP contribution in [0.15, 0.2) is 122 Å². The number of carbonyl (C=O) groups excluding carboxylic acids is 1. The van der Waals surface area contributed by atoms with Gasteiger partial charge in [0.25, 0.3) is 14.2 Å². The van der Waals surface area contributed by atoms with Crippen LogP contribution >= 0.6 is 35.0 Å². The predicted molar refractivity (Wildman–Crippen MR) is 210 cm³/mol. The molecule has 0 spiro atoms. The molecule has 1 amide bonds. The van der Waals surface area contributed by atoms with Gasteiger partial charge in [-0.25, -0.2) is 0 Å². The van der Waals surface area contributed by atoms with Crippen molar-refractivity contribution in [3.63, 3.8) is 0 Å². The van der Waals surface area contributed by atoms with Crippen LogP contribution in [-0.4, -0.2) is 49.4 Å². The van der Waals surface area contributed by atoms with Gasteiger partial charge in [0.05, 0.1) is 6.04 Å². The molecule has 4 atom stereocenters. The van der Waals surface area contributed by atoms with Crippen molar-refractivity contribution in [1.82, 2.24) is 4.90 Å². The van der Waals surface area contributed by atoms with Crippen LogP contribution in [0.1, 0.15) is 63.8 Å². The predicted octanol–water partition coefficient (Wildman–Crippen LogP) is 9.67. The molecule has 258 valence electrons. The molecule has 4 aromatic rings. The minimum absolute atomic E-state index is 0.0193. The molecule has 0 aromatic heterocycles. The molecule has 8 heteroatoms.